The van der Waals surface area contributed by atoms with Crippen LogP contribution >= 0.6 is 27.5 Å². The van der Waals surface area contributed by atoms with Gasteiger partial charge >= 0.3 is 0 Å². The molecule has 0 bridgehead atoms. The number of hydrogen-bond acceptors (Lipinski definition) is 2. The van der Waals surface area contributed by atoms with Crippen molar-refractivity contribution in [1.82, 2.24) is 4.72 Å². The first-order valence-corrected chi connectivity index (χ1v) is 7.97. The predicted octanol–water partition coefficient (Wildman–Crippen LogP) is 3.18. The van der Waals surface area contributed by atoms with E-state index in [-0.39, 0.29) is 16.0 Å². The molecule has 1 aromatic rings. The Morgan fingerprint density at radius 3 is 2.72 bits per heavy atom. The van der Waals surface area contributed by atoms with Crippen LogP contribution in [0, 0.1) is 12.3 Å². The van der Waals surface area contributed by atoms with Crippen LogP contribution < -0.4 is 4.72 Å². The Hall–Kier alpha value is -0.540. The lowest BCUT2D eigenvalue weighted by molar-refractivity contribution is 0.544. The Kier molecular flexibility index (Phi) is 5.67. The highest BCUT2D eigenvalue weighted by atomic mass is 79.9. The van der Waals surface area contributed by atoms with Crippen LogP contribution in [-0.2, 0) is 10.0 Å². The second-order valence-corrected chi connectivity index (χ2v) is 6.71. The van der Waals surface area contributed by atoms with Crippen molar-refractivity contribution in [1.29, 1.82) is 0 Å². The van der Waals surface area contributed by atoms with Gasteiger partial charge in [0.15, 0.2) is 0 Å². The van der Waals surface area contributed by atoms with E-state index >= 15 is 0 Å². The summed E-state index contributed by atoms with van der Waals surface area (Å²) in [4.78, 5) is 0.0582. The quantitative estimate of drug-likeness (QED) is 0.829. The van der Waals surface area contributed by atoms with Gasteiger partial charge < -0.3 is 0 Å². The highest BCUT2D eigenvalue weighted by Crippen LogP contribution is 2.25. The summed E-state index contributed by atoms with van der Waals surface area (Å²) in [5.74, 6) is 2.45. The van der Waals surface area contributed by atoms with Gasteiger partial charge in [0.05, 0.1) is 5.02 Å². The molecule has 0 heterocycles. The van der Waals surface area contributed by atoms with E-state index in [0.717, 1.165) is 4.47 Å². The highest BCUT2D eigenvalue weighted by molar-refractivity contribution is 9.10. The fraction of sp³-hybridized carbons (Fsp3) is 0.333. The van der Waals surface area contributed by atoms with Crippen molar-refractivity contribution in [2.45, 2.75) is 30.7 Å². The summed E-state index contributed by atoms with van der Waals surface area (Å²) >= 11 is 9.15. The van der Waals surface area contributed by atoms with Gasteiger partial charge in [0.1, 0.15) is 4.90 Å². The SMILES string of the molecule is C#CCC(CC)NS(=O)(=O)c1ccc(Br)cc1Cl. The van der Waals surface area contributed by atoms with E-state index in [0.29, 0.717) is 12.8 Å². The number of nitrogens with one attached hydrogen (secondary N) is 1. The van der Waals surface area contributed by atoms with Crippen molar-refractivity contribution in [3.63, 3.8) is 0 Å². The second kappa shape index (κ2) is 6.58. The van der Waals surface area contributed by atoms with Crippen LogP contribution in [-0.4, -0.2) is 14.5 Å². The number of hydrogen-bond donors (Lipinski definition) is 1. The van der Waals surface area contributed by atoms with Crippen LogP contribution in [0.15, 0.2) is 27.6 Å². The van der Waals surface area contributed by atoms with Gasteiger partial charge in [-0.15, -0.1) is 12.3 Å². The zero-order valence-corrected chi connectivity index (χ0v) is 12.9. The average molecular weight is 351 g/mol. The molecule has 1 aromatic carbocycles. The maximum absolute atomic E-state index is 12.1. The van der Waals surface area contributed by atoms with Crippen LogP contribution in [0.5, 0.6) is 0 Å². The first-order valence-electron chi connectivity index (χ1n) is 5.31. The number of halogens is 2. The van der Waals surface area contributed by atoms with Crippen molar-refractivity contribution < 1.29 is 8.42 Å². The van der Waals surface area contributed by atoms with Gasteiger partial charge in [-0.25, -0.2) is 13.1 Å². The van der Waals surface area contributed by atoms with Crippen LogP contribution in [0.1, 0.15) is 19.8 Å². The van der Waals surface area contributed by atoms with Gasteiger partial charge in [0.25, 0.3) is 0 Å². The molecule has 0 fully saturated rings. The fourth-order valence-corrected chi connectivity index (χ4v) is 3.74. The molecular weight excluding hydrogens is 338 g/mol. The Labute approximate surface area is 121 Å². The Morgan fingerprint density at radius 1 is 1.56 bits per heavy atom. The first kappa shape index (κ1) is 15.5. The van der Waals surface area contributed by atoms with Crippen molar-refractivity contribution in [3.05, 3.63) is 27.7 Å². The van der Waals surface area contributed by atoms with E-state index in [4.69, 9.17) is 18.0 Å². The third-order valence-electron chi connectivity index (χ3n) is 2.36. The Morgan fingerprint density at radius 2 is 2.22 bits per heavy atom. The molecule has 1 N–H and O–H groups in total. The van der Waals surface area contributed by atoms with E-state index in [1.54, 1.807) is 6.07 Å². The molecule has 1 rings (SSSR count). The minimum Gasteiger partial charge on any atom is -0.207 e. The molecule has 18 heavy (non-hydrogen) atoms. The molecule has 0 aromatic heterocycles. The minimum absolute atomic E-state index is 0.0582. The molecule has 1 unspecified atom stereocenters. The molecular formula is C12H13BrClNO2S. The van der Waals surface area contributed by atoms with E-state index < -0.39 is 10.0 Å². The molecule has 6 heteroatoms. The summed E-state index contributed by atoms with van der Waals surface area (Å²) in [5, 5.41) is 0.174. The summed E-state index contributed by atoms with van der Waals surface area (Å²) in [7, 11) is -3.64. The smallest absolute Gasteiger partial charge is 0.207 e. The molecule has 0 aliphatic rings. The summed E-state index contributed by atoms with van der Waals surface area (Å²) in [6, 6.07) is 4.35. The molecule has 0 aliphatic carbocycles. The third-order valence-corrected chi connectivity index (χ3v) is 4.86. The summed E-state index contributed by atoms with van der Waals surface area (Å²) < 4.78 is 27.5. The van der Waals surface area contributed by atoms with Crippen LogP contribution in [0.25, 0.3) is 0 Å². The van der Waals surface area contributed by atoms with Crippen molar-refractivity contribution >= 4 is 37.6 Å². The monoisotopic (exact) mass is 349 g/mol. The van der Waals surface area contributed by atoms with Crippen LogP contribution in [0.2, 0.25) is 5.02 Å². The standard InChI is InChI=1S/C12H13BrClNO2S/c1-3-5-10(4-2)15-18(16,17)12-7-6-9(13)8-11(12)14/h1,6-8,10,15H,4-5H2,2H3. The molecule has 0 saturated carbocycles. The van der Waals surface area contributed by atoms with E-state index in [2.05, 4.69) is 26.6 Å². The minimum atomic E-state index is -3.64. The lowest BCUT2D eigenvalue weighted by atomic mass is 10.2. The number of sulfonamides is 1. The lowest BCUT2D eigenvalue weighted by Crippen LogP contribution is -2.34. The second-order valence-electron chi connectivity index (χ2n) is 3.71. The molecule has 98 valence electrons. The molecule has 0 amide bonds. The predicted molar refractivity (Wildman–Crippen MR) is 77.0 cm³/mol. The van der Waals surface area contributed by atoms with Crippen LogP contribution in [0.3, 0.4) is 0 Å². The average Bonchev–Trinajstić information content (AvgIpc) is 2.27. The van der Waals surface area contributed by atoms with Crippen molar-refractivity contribution in [2.24, 2.45) is 0 Å². The van der Waals surface area contributed by atoms with Gasteiger partial charge in [-0.3, -0.25) is 0 Å². The van der Waals surface area contributed by atoms with Gasteiger partial charge in [0.2, 0.25) is 10.0 Å². The highest BCUT2D eigenvalue weighted by Gasteiger charge is 2.21. The molecule has 0 aliphatic heterocycles. The van der Waals surface area contributed by atoms with Crippen molar-refractivity contribution in [3.8, 4) is 12.3 Å². The lowest BCUT2D eigenvalue weighted by Gasteiger charge is -2.15. The van der Waals surface area contributed by atoms with Gasteiger partial charge in [0, 0.05) is 16.9 Å². The normalized spacial score (nSPS) is 13.0. The third kappa shape index (κ3) is 3.99. The van der Waals surface area contributed by atoms with Crippen LogP contribution in [0.4, 0.5) is 0 Å². The topological polar surface area (TPSA) is 46.2 Å². The fourth-order valence-electron chi connectivity index (χ4n) is 1.39. The van der Waals surface area contributed by atoms with E-state index in [1.165, 1.54) is 12.1 Å². The summed E-state index contributed by atoms with van der Waals surface area (Å²) in [5.41, 5.74) is 0. The maximum atomic E-state index is 12.1. The molecule has 0 saturated heterocycles. The van der Waals surface area contributed by atoms with Gasteiger partial charge in [-0.2, -0.15) is 0 Å². The molecule has 0 radical (unpaired) electrons. The first-order chi connectivity index (χ1) is 8.40. The number of terminal acetylenes is 1. The Balaban J connectivity index is 3.03. The zero-order valence-electron chi connectivity index (χ0n) is 9.78. The van der Waals surface area contributed by atoms with Crippen molar-refractivity contribution in [2.75, 3.05) is 0 Å². The molecule has 0 spiro atoms. The maximum Gasteiger partial charge on any atom is 0.242 e. The molecule has 3 nitrogen and oxygen atoms in total. The number of benzene rings is 1. The zero-order chi connectivity index (χ0) is 13.8. The van der Waals surface area contributed by atoms with E-state index in [9.17, 15) is 8.42 Å². The Bertz CT molecular complexity index is 566. The summed E-state index contributed by atoms with van der Waals surface area (Å²) in [6.07, 6.45) is 6.17. The molecule has 1 atom stereocenters. The number of rotatable bonds is 5. The largest absolute Gasteiger partial charge is 0.242 e. The van der Waals surface area contributed by atoms with Gasteiger partial charge in [-0.05, 0) is 24.6 Å². The van der Waals surface area contributed by atoms with Gasteiger partial charge in [-0.1, -0.05) is 34.5 Å². The van der Waals surface area contributed by atoms with E-state index in [1.807, 2.05) is 6.92 Å². The summed E-state index contributed by atoms with van der Waals surface area (Å²) in [6.45, 7) is 1.87.